The maximum absolute atomic E-state index is 12.0. The third-order valence-electron chi connectivity index (χ3n) is 4.01. The molecule has 0 saturated heterocycles. The van der Waals surface area contributed by atoms with E-state index in [0.29, 0.717) is 5.69 Å². The normalized spacial score (nSPS) is 21.2. The molecule has 0 spiro atoms. The third kappa shape index (κ3) is 5.26. The van der Waals surface area contributed by atoms with Crippen molar-refractivity contribution >= 4 is 33.4 Å². The van der Waals surface area contributed by atoms with Crippen LogP contribution < -0.4 is 16.4 Å². The van der Waals surface area contributed by atoms with Crippen LogP contribution in [0.1, 0.15) is 52.1 Å². The molecular formula is C17H27BrN4O2. The molecule has 2 atom stereocenters. The Balaban J connectivity index is 1.97. The molecule has 1 saturated carbocycles. The molecule has 0 bridgehead atoms. The molecule has 0 aliphatic heterocycles. The number of halogens is 1. The number of ether oxygens (including phenoxy) is 1. The largest absolute Gasteiger partial charge is 0.444 e. The molecule has 1 aliphatic carbocycles. The van der Waals surface area contributed by atoms with Crippen molar-refractivity contribution in [1.82, 2.24) is 10.3 Å². The van der Waals surface area contributed by atoms with Gasteiger partial charge in [0.25, 0.3) is 0 Å². The van der Waals surface area contributed by atoms with Gasteiger partial charge in [-0.05, 0) is 69.3 Å². The molecular weight excluding hydrogens is 372 g/mol. The number of nitrogens with two attached hydrogens (primary N) is 1. The van der Waals surface area contributed by atoms with Crippen LogP contribution in [0.4, 0.5) is 16.2 Å². The van der Waals surface area contributed by atoms with E-state index in [4.69, 9.17) is 10.5 Å². The number of hydrogen-bond donors (Lipinski definition) is 3. The summed E-state index contributed by atoms with van der Waals surface area (Å²) >= 11 is 3.50. The van der Waals surface area contributed by atoms with Gasteiger partial charge in [-0.2, -0.15) is 0 Å². The summed E-state index contributed by atoms with van der Waals surface area (Å²) in [6.45, 7) is 7.48. The van der Waals surface area contributed by atoms with Crippen LogP contribution >= 0.6 is 15.9 Å². The van der Waals surface area contributed by atoms with Gasteiger partial charge in [0.2, 0.25) is 0 Å². The van der Waals surface area contributed by atoms with Crippen molar-refractivity contribution in [2.75, 3.05) is 11.1 Å². The predicted molar refractivity (Wildman–Crippen MR) is 100 cm³/mol. The van der Waals surface area contributed by atoms with Gasteiger partial charge in [0.15, 0.2) is 0 Å². The van der Waals surface area contributed by atoms with Crippen LogP contribution in [-0.4, -0.2) is 28.8 Å². The van der Waals surface area contributed by atoms with E-state index in [2.05, 4.69) is 31.5 Å². The zero-order chi connectivity index (χ0) is 17.9. The second-order valence-electron chi connectivity index (χ2n) is 7.33. The molecule has 1 fully saturated rings. The lowest BCUT2D eigenvalue weighted by Gasteiger charge is -2.32. The van der Waals surface area contributed by atoms with E-state index in [9.17, 15) is 4.79 Å². The topological polar surface area (TPSA) is 89.3 Å². The van der Waals surface area contributed by atoms with Crippen molar-refractivity contribution < 1.29 is 9.53 Å². The Morgan fingerprint density at radius 3 is 2.71 bits per heavy atom. The van der Waals surface area contributed by atoms with Crippen LogP contribution in [0.15, 0.2) is 10.7 Å². The summed E-state index contributed by atoms with van der Waals surface area (Å²) in [5, 5.41) is 6.48. The van der Waals surface area contributed by atoms with Crippen molar-refractivity contribution in [2.45, 2.75) is 71.1 Å². The Labute approximate surface area is 152 Å². The average Bonchev–Trinajstić information content (AvgIpc) is 2.46. The first-order valence-corrected chi connectivity index (χ1v) is 9.11. The molecule has 1 aromatic heterocycles. The summed E-state index contributed by atoms with van der Waals surface area (Å²) in [6, 6.07) is 0.355. The van der Waals surface area contributed by atoms with E-state index < -0.39 is 5.60 Å². The summed E-state index contributed by atoms with van der Waals surface area (Å²) in [6.07, 6.45) is 5.29. The number of hydrogen-bond acceptors (Lipinski definition) is 5. The number of aromatic nitrogens is 1. The quantitative estimate of drug-likeness (QED) is 0.716. The number of amides is 1. The minimum atomic E-state index is -0.482. The van der Waals surface area contributed by atoms with Crippen molar-refractivity contribution in [3.63, 3.8) is 0 Å². The molecule has 1 aliphatic rings. The van der Waals surface area contributed by atoms with Gasteiger partial charge < -0.3 is 21.1 Å². The van der Waals surface area contributed by atoms with Crippen molar-refractivity contribution in [2.24, 2.45) is 0 Å². The van der Waals surface area contributed by atoms with Gasteiger partial charge in [0.1, 0.15) is 5.60 Å². The molecule has 1 amide bonds. The number of carbonyl (C=O) groups excluding carboxylic acids is 1. The standard InChI is InChI=1S/C17H27BrN4O2/c1-10-14(19)15(13(18)9-20-10)21-11-6-5-7-12(8-11)22-16(23)24-17(2,3)4/h9,11-12H,5-8,19H2,1-4H3,(H,20,21)(H,22,23)/t11-,12+/m0/s1. The Hall–Kier alpha value is -1.50. The number of nitrogen functional groups attached to an aromatic ring is 1. The van der Waals surface area contributed by atoms with E-state index in [-0.39, 0.29) is 18.2 Å². The van der Waals surface area contributed by atoms with Crippen LogP contribution in [0.2, 0.25) is 0 Å². The number of pyridine rings is 1. The Bertz CT molecular complexity index is 601. The van der Waals surface area contributed by atoms with Gasteiger partial charge in [-0.1, -0.05) is 0 Å². The van der Waals surface area contributed by atoms with E-state index in [1.54, 1.807) is 6.20 Å². The fraction of sp³-hybridized carbons (Fsp3) is 0.647. The average molecular weight is 399 g/mol. The van der Waals surface area contributed by atoms with Gasteiger partial charge in [-0.25, -0.2) is 4.79 Å². The number of anilines is 2. The van der Waals surface area contributed by atoms with E-state index >= 15 is 0 Å². The van der Waals surface area contributed by atoms with Crippen LogP contribution in [-0.2, 0) is 4.74 Å². The summed E-state index contributed by atoms with van der Waals surface area (Å²) < 4.78 is 6.20. The van der Waals surface area contributed by atoms with Crippen LogP contribution in [0.3, 0.4) is 0 Å². The van der Waals surface area contributed by atoms with Gasteiger partial charge in [0, 0.05) is 18.3 Å². The second-order valence-corrected chi connectivity index (χ2v) is 8.19. The number of alkyl carbamates (subject to hydrolysis) is 1. The highest BCUT2D eigenvalue weighted by Crippen LogP contribution is 2.32. The summed E-state index contributed by atoms with van der Waals surface area (Å²) in [7, 11) is 0. The lowest BCUT2D eigenvalue weighted by Crippen LogP contribution is -2.44. The molecule has 0 radical (unpaired) electrons. The van der Waals surface area contributed by atoms with E-state index in [1.165, 1.54) is 0 Å². The fourth-order valence-electron chi connectivity index (χ4n) is 2.87. The molecule has 0 aromatic carbocycles. The SMILES string of the molecule is Cc1ncc(Br)c(N[C@H]2CCC[C@@H](NC(=O)OC(C)(C)C)C2)c1N. The third-order valence-corrected chi connectivity index (χ3v) is 4.61. The molecule has 7 heteroatoms. The zero-order valence-electron chi connectivity index (χ0n) is 14.8. The second kappa shape index (κ2) is 7.59. The van der Waals surface area contributed by atoms with Crippen LogP contribution in [0.5, 0.6) is 0 Å². The summed E-state index contributed by atoms with van der Waals surface area (Å²) in [4.78, 5) is 16.2. The molecule has 24 heavy (non-hydrogen) atoms. The minimum absolute atomic E-state index is 0.106. The molecule has 1 aromatic rings. The van der Waals surface area contributed by atoms with Crippen molar-refractivity contribution in [3.05, 3.63) is 16.4 Å². The highest BCUT2D eigenvalue weighted by molar-refractivity contribution is 9.10. The first-order chi connectivity index (χ1) is 11.2. The maximum atomic E-state index is 12.0. The summed E-state index contributed by atoms with van der Waals surface area (Å²) in [5.74, 6) is 0. The van der Waals surface area contributed by atoms with E-state index in [1.807, 2.05) is 27.7 Å². The number of carbonyl (C=O) groups is 1. The first kappa shape index (κ1) is 18.8. The Morgan fingerprint density at radius 1 is 1.38 bits per heavy atom. The summed E-state index contributed by atoms with van der Waals surface area (Å²) in [5.41, 5.74) is 8.00. The number of nitrogens with one attached hydrogen (secondary N) is 2. The molecule has 2 rings (SSSR count). The predicted octanol–water partition coefficient (Wildman–Crippen LogP) is 3.98. The molecule has 4 N–H and O–H groups in total. The molecule has 6 nitrogen and oxygen atoms in total. The Kier molecular flexibility index (Phi) is 5.96. The zero-order valence-corrected chi connectivity index (χ0v) is 16.4. The molecule has 1 heterocycles. The number of nitrogens with zero attached hydrogens (tertiary/aromatic N) is 1. The van der Waals surface area contributed by atoms with Crippen molar-refractivity contribution in [3.8, 4) is 0 Å². The molecule has 134 valence electrons. The van der Waals surface area contributed by atoms with Gasteiger partial charge in [-0.15, -0.1) is 0 Å². The minimum Gasteiger partial charge on any atom is -0.444 e. The van der Waals surface area contributed by atoms with Gasteiger partial charge in [0.05, 0.1) is 21.5 Å². The first-order valence-electron chi connectivity index (χ1n) is 8.32. The Morgan fingerprint density at radius 2 is 2.04 bits per heavy atom. The number of rotatable bonds is 3. The van der Waals surface area contributed by atoms with Crippen LogP contribution in [0.25, 0.3) is 0 Å². The fourth-order valence-corrected chi connectivity index (χ4v) is 3.30. The van der Waals surface area contributed by atoms with E-state index in [0.717, 1.165) is 41.5 Å². The lowest BCUT2D eigenvalue weighted by molar-refractivity contribution is 0.0492. The van der Waals surface area contributed by atoms with Crippen molar-refractivity contribution in [1.29, 1.82) is 0 Å². The molecule has 0 unspecified atom stereocenters. The highest BCUT2D eigenvalue weighted by atomic mass is 79.9. The van der Waals surface area contributed by atoms with Crippen LogP contribution in [0, 0.1) is 6.92 Å². The highest BCUT2D eigenvalue weighted by Gasteiger charge is 2.26. The smallest absolute Gasteiger partial charge is 0.407 e. The number of aryl methyl sites for hydroxylation is 1. The van der Waals surface area contributed by atoms with Gasteiger partial charge >= 0.3 is 6.09 Å². The lowest BCUT2D eigenvalue weighted by atomic mass is 9.91. The monoisotopic (exact) mass is 398 g/mol. The maximum Gasteiger partial charge on any atom is 0.407 e. The van der Waals surface area contributed by atoms with Gasteiger partial charge in [-0.3, -0.25) is 4.98 Å².